The minimum atomic E-state index is -0.991. The largest absolute Gasteiger partial charge is 0.454 e. The first kappa shape index (κ1) is 22.0. The Bertz CT molecular complexity index is 1530. The molecule has 0 aliphatic heterocycles. The Hall–Kier alpha value is -4.22. The van der Waals surface area contributed by atoms with Crippen molar-refractivity contribution in [3.05, 3.63) is 143 Å². The van der Waals surface area contributed by atoms with Crippen molar-refractivity contribution in [1.82, 2.24) is 0 Å². The Morgan fingerprint density at radius 2 is 1.14 bits per heavy atom. The van der Waals surface area contributed by atoms with E-state index in [-0.39, 0.29) is 5.92 Å². The Kier molecular flexibility index (Phi) is 4.69. The van der Waals surface area contributed by atoms with E-state index in [9.17, 15) is 9.59 Å². The van der Waals surface area contributed by atoms with Crippen molar-refractivity contribution in [2.45, 2.75) is 29.1 Å². The summed E-state index contributed by atoms with van der Waals surface area (Å²) in [6.45, 7) is 0. The van der Waals surface area contributed by atoms with Gasteiger partial charge in [-0.1, -0.05) is 84.9 Å². The predicted molar refractivity (Wildman–Crippen MR) is 136 cm³/mol. The third-order valence-corrected chi connectivity index (χ3v) is 8.37. The molecule has 0 N–H and O–H groups in total. The van der Waals surface area contributed by atoms with E-state index >= 15 is 0 Å². The molecule has 0 radical (unpaired) electrons. The van der Waals surface area contributed by atoms with Crippen molar-refractivity contribution in [2.24, 2.45) is 0 Å². The topological polar surface area (TPSA) is 61.8 Å². The molecule has 4 aromatic carbocycles. The molecule has 7 rings (SSSR count). The summed E-state index contributed by atoms with van der Waals surface area (Å²) in [7, 11) is 1.65. The lowest BCUT2D eigenvalue weighted by Crippen LogP contribution is -2.66. The maximum absolute atomic E-state index is 13.4. The molecule has 4 aromatic rings. The Balaban J connectivity index is 1.40. The number of carbonyl (C=O) groups is 2. The van der Waals surface area contributed by atoms with Gasteiger partial charge in [-0.25, -0.2) is 9.59 Å². The van der Waals surface area contributed by atoms with Crippen LogP contribution in [-0.4, -0.2) is 31.3 Å². The second-order valence-electron chi connectivity index (χ2n) is 9.79. The van der Waals surface area contributed by atoms with Crippen LogP contribution in [0.3, 0.4) is 0 Å². The number of methoxy groups -OCH3 is 1. The summed E-state index contributed by atoms with van der Waals surface area (Å²) in [6.07, 6.45) is -1.60. The van der Waals surface area contributed by atoms with Gasteiger partial charge in [-0.3, -0.25) is 0 Å². The quantitative estimate of drug-likeness (QED) is 0.353. The van der Waals surface area contributed by atoms with Crippen LogP contribution in [0.5, 0.6) is 0 Å². The summed E-state index contributed by atoms with van der Waals surface area (Å²) in [4.78, 5) is 26.8. The number of esters is 2. The fourth-order valence-electron chi connectivity index (χ4n) is 7.09. The average Bonchev–Trinajstić information content (AvgIpc) is 3.10. The van der Waals surface area contributed by atoms with Crippen LogP contribution in [0.4, 0.5) is 0 Å². The van der Waals surface area contributed by atoms with E-state index < -0.39 is 35.2 Å². The molecule has 37 heavy (non-hydrogen) atoms. The first-order valence-electron chi connectivity index (χ1n) is 12.4. The van der Waals surface area contributed by atoms with Gasteiger partial charge in [0.1, 0.15) is 5.60 Å². The van der Waals surface area contributed by atoms with Gasteiger partial charge in [0.15, 0.2) is 12.2 Å². The van der Waals surface area contributed by atoms with Crippen LogP contribution < -0.4 is 0 Å². The van der Waals surface area contributed by atoms with Gasteiger partial charge in [0.2, 0.25) is 0 Å². The van der Waals surface area contributed by atoms with E-state index in [0.717, 1.165) is 22.3 Å². The van der Waals surface area contributed by atoms with Gasteiger partial charge < -0.3 is 14.2 Å². The summed E-state index contributed by atoms with van der Waals surface area (Å²) in [5.74, 6) is -1.16. The molecule has 182 valence electrons. The fraction of sp³-hybridized carbons (Fsp3) is 0.188. The van der Waals surface area contributed by atoms with E-state index in [1.165, 1.54) is 0 Å². The Morgan fingerprint density at radius 3 is 1.76 bits per heavy atom. The van der Waals surface area contributed by atoms with Crippen LogP contribution >= 0.6 is 0 Å². The number of hydrogen-bond donors (Lipinski definition) is 0. The standard InChI is InChI=1S/C32H24O5/c1-35-32-25-19-11-10-18-24(25)31(32)23-17-9-8-16-22(23)26(31)27(36-29(33)20-12-4-2-5-13-20)28(32)37-30(34)21-14-6-3-7-15-21/h2-19,26-28H,1H3/t26?,27?,28?,31-,32?/m1/s1. The molecule has 3 aliphatic rings. The molecule has 4 unspecified atom stereocenters. The van der Waals surface area contributed by atoms with Crippen molar-refractivity contribution in [1.29, 1.82) is 0 Å². The van der Waals surface area contributed by atoms with E-state index in [1.54, 1.807) is 55.6 Å². The highest BCUT2D eigenvalue weighted by molar-refractivity contribution is 5.91. The van der Waals surface area contributed by atoms with E-state index in [4.69, 9.17) is 14.2 Å². The first-order chi connectivity index (χ1) is 18.1. The Labute approximate surface area is 214 Å². The molecule has 1 saturated carbocycles. The van der Waals surface area contributed by atoms with Crippen LogP contribution in [0, 0.1) is 0 Å². The normalized spacial score (nSPS) is 27.9. The second kappa shape index (κ2) is 7.89. The zero-order chi connectivity index (χ0) is 25.2. The van der Waals surface area contributed by atoms with Crippen molar-refractivity contribution < 1.29 is 23.8 Å². The number of hydrogen-bond acceptors (Lipinski definition) is 5. The molecule has 3 aliphatic carbocycles. The van der Waals surface area contributed by atoms with Gasteiger partial charge in [0.25, 0.3) is 0 Å². The van der Waals surface area contributed by atoms with Crippen molar-refractivity contribution in [3.63, 3.8) is 0 Å². The molecule has 5 nitrogen and oxygen atoms in total. The molecule has 5 heteroatoms. The van der Waals surface area contributed by atoms with Crippen molar-refractivity contribution in [3.8, 4) is 0 Å². The molecule has 0 bridgehead atoms. The van der Waals surface area contributed by atoms with E-state index in [2.05, 4.69) is 18.2 Å². The molecule has 5 atom stereocenters. The summed E-state index contributed by atoms with van der Waals surface area (Å²) in [6, 6.07) is 34.1. The number of rotatable bonds is 5. The highest BCUT2D eigenvalue weighted by atomic mass is 16.6. The summed E-state index contributed by atoms with van der Waals surface area (Å²) >= 11 is 0. The average molecular weight is 489 g/mol. The molecule has 0 amide bonds. The maximum atomic E-state index is 13.4. The highest BCUT2D eigenvalue weighted by Gasteiger charge is 2.85. The van der Waals surface area contributed by atoms with Gasteiger partial charge in [-0.15, -0.1) is 0 Å². The van der Waals surface area contributed by atoms with Gasteiger partial charge in [-0.2, -0.15) is 0 Å². The maximum Gasteiger partial charge on any atom is 0.338 e. The lowest BCUT2D eigenvalue weighted by molar-refractivity contribution is -0.158. The third kappa shape index (κ3) is 2.62. The number of benzene rings is 4. The van der Waals surface area contributed by atoms with Crippen LogP contribution in [0.25, 0.3) is 0 Å². The summed E-state index contributed by atoms with van der Waals surface area (Å²) in [5.41, 5.74) is 3.59. The van der Waals surface area contributed by atoms with E-state index in [1.807, 2.05) is 42.5 Å². The van der Waals surface area contributed by atoms with Gasteiger partial charge in [-0.05, 0) is 46.5 Å². The van der Waals surface area contributed by atoms with Gasteiger partial charge >= 0.3 is 11.9 Å². The molecule has 1 spiro atoms. The van der Waals surface area contributed by atoms with Crippen LogP contribution in [0.15, 0.2) is 109 Å². The number of fused-ring (bicyclic) bond motifs is 4. The molecule has 0 heterocycles. The smallest absolute Gasteiger partial charge is 0.338 e. The molecular formula is C32H24O5. The van der Waals surface area contributed by atoms with Gasteiger partial charge in [0, 0.05) is 13.0 Å². The summed E-state index contributed by atoms with van der Waals surface area (Å²) < 4.78 is 19.0. The van der Waals surface area contributed by atoms with Crippen LogP contribution in [0.2, 0.25) is 0 Å². The lowest BCUT2D eigenvalue weighted by atomic mass is 9.41. The monoisotopic (exact) mass is 488 g/mol. The lowest BCUT2D eigenvalue weighted by Gasteiger charge is -2.63. The zero-order valence-corrected chi connectivity index (χ0v) is 20.2. The SMILES string of the molecule is COC12c3ccccc3[C@@]13c1ccccc1C3C(OC(=O)c1ccccc1)C2OC(=O)c1ccccc1. The molecule has 0 aromatic heterocycles. The minimum absolute atomic E-state index is 0.222. The first-order valence-corrected chi connectivity index (χ1v) is 12.4. The number of carbonyl (C=O) groups excluding carboxylic acids is 2. The van der Waals surface area contributed by atoms with Crippen molar-refractivity contribution >= 4 is 11.9 Å². The third-order valence-electron chi connectivity index (χ3n) is 8.37. The predicted octanol–water partition coefficient (Wildman–Crippen LogP) is 5.39. The zero-order valence-electron chi connectivity index (χ0n) is 20.2. The molecule has 1 fully saturated rings. The minimum Gasteiger partial charge on any atom is -0.454 e. The molecule has 0 saturated heterocycles. The van der Waals surface area contributed by atoms with Crippen LogP contribution in [0.1, 0.15) is 48.9 Å². The van der Waals surface area contributed by atoms with Crippen molar-refractivity contribution in [2.75, 3.05) is 7.11 Å². The fourth-order valence-corrected chi connectivity index (χ4v) is 7.09. The van der Waals surface area contributed by atoms with E-state index in [0.29, 0.717) is 11.1 Å². The summed E-state index contributed by atoms with van der Waals surface area (Å²) in [5, 5.41) is 0. The Morgan fingerprint density at radius 1 is 0.622 bits per heavy atom. The molecular weight excluding hydrogens is 464 g/mol. The van der Waals surface area contributed by atoms with Gasteiger partial charge in [0.05, 0.1) is 16.5 Å². The number of ether oxygens (including phenoxy) is 3. The van der Waals surface area contributed by atoms with Crippen LogP contribution in [-0.2, 0) is 25.2 Å². The second-order valence-corrected chi connectivity index (χ2v) is 9.79. The highest BCUT2D eigenvalue weighted by Crippen LogP contribution is 2.79.